The van der Waals surface area contributed by atoms with Gasteiger partial charge in [0.2, 0.25) is 5.91 Å². The number of nitrogens with one attached hydrogen (secondary N) is 1. The molecule has 74 valence electrons. The molecular formula is C10H11NO3. The van der Waals surface area contributed by atoms with Crippen LogP contribution in [0, 0.1) is 0 Å². The summed E-state index contributed by atoms with van der Waals surface area (Å²) in [4.78, 5) is 10.8. The predicted molar refractivity (Wildman–Crippen MR) is 52.9 cm³/mol. The smallest absolute Gasteiger partial charge is 0.243 e. The van der Waals surface area contributed by atoms with Crippen LogP contribution >= 0.6 is 0 Å². The van der Waals surface area contributed by atoms with Crippen LogP contribution in [-0.4, -0.2) is 23.2 Å². The SMILES string of the molecule is CNC(=O)/C=C/c1cc(O)ccc1O. The summed E-state index contributed by atoms with van der Waals surface area (Å²) in [5, 5.41) is 20.8. The Bertz CT molecular complexity index is 372. The minimum absolute atomic E-state index is 0.0166. The van der Waals surface area contributed by atoms with Gasteiger partial charge in [-0.1, -0.05) is 0 Å². The second kappa shape index (κ2) is 4.32. The second-order valence-corrected chi connectivity index (χ2v) is 2.69. The van der Waals surface area contributed by atoms with E-state index in [4.69, 9.17) is 5.11 Å². The lowest BCUT2D eigenvalue weighted by Gasteiger charge is -1.99. The van der Waals surface area contributed by atoms with Gasteiger partial charge in [0.15, 0.2) is 0 Å². The summed E-state index contributed by atoms with van der Waals surface area (Å²) in [5.74, 6) is -0.213. The van der Waals surface area contributed by atoms with Gasteiger partial charge in [-0.25, -0.2) is 0 Å². The first-order valence-corrected chi connectivity index (χ1v) is 4.05. The number of hydrogen-bond acceptors (Lipinski definition) is 3. The predicted octanol–water partition coefficient (Wildman–Crippen LogP) is 0.857. The van der Waals surface area contributed by atoms with Crippen LogP contribution in [0.5, 0.6) is 11.5 Å². The number of likely N-dealkylation sites (N-methyl/N-ethyl adjacent to an activating group) is 1. The number of amides is 1. The molecule has 1 rings (SSSR count). The third-order valence-corrected chi connectivity index (χ3v) is 1.67. The molecule has 0 spiro atoms. The van der Waals surface area contributed by atoms with Crippen molar-refractivity contribution < 1.29 is 15.0 Å². The molecule has 1 aromatic rings. The molecule has 0 atom stereocenters. The van der Waals surface area contributed by atoms with Gasteiger partial charge in [0.05, 0.1) is 0 Å². The van der Waals surface area contributed by atoms with E-state index in [0.717, 1.165) is 0 Å². The Morgan fingerprint density at radius 2 is 2.14 bits per heavy atom. The summed E-state index contributed by atoms with van der Waals surface area (Å²) in [7, 11) is 1.51. The van der Waals surface area contributed by atoms with E-state index >= 15 is 0 Å². The van der Waals surface area contributed by atoms with E-state index in [0.29, 0.717) is 5.56 Å². The largest absolute Gasteiger partial charge is 0.508 e. The van der Waals surface area contributed by atoms with Gasteiger partial charge >= 0.3 is 0 Å². The van der Waals surface area contributed by atoms with Crippen LogP contribution < -0.4 is 5.32 Å². The Labute approximate surface area is 81.5 Å². The summed E-state index contributed by atoms with van der Waals surface area (Å²) < 4.78 is 0. The van der Waals surface area contributed by atoms with Crippen molar-refractivity contribution in [2.45, 2.75) is 0 Å². The maximum atomic E-state index is 10.8. The minimum Gasteiger partial charge on any atom is -0.508 e. The van der Waals surface area contributed by atoms with E-state index < -0.39 is 0 Å². The number of benzene rings is 1. The van der Waals surface area contributed by atoms with Crippen LogP contribution in [0.4, 0.5) is 0 Å². The van der Waals surface area contributed by atoms with Gasteiger partial charge in [0.25, 0.3) is 0 Å². The molecule has 0 saturated carbocycles. The summed E-state index contributed by atoms with van der Waals surface area (Å²) in [5.41, 5.74) is 0.397. The first kappa shape index (κ1) is 10.1. The molecule has 0 saturated heterocycles. The van der Waals surface area contributed by atoms with Crippen LogP contribution in [0.15, 0.2) is 24.3 Å². The van der Waals surface area contributed by atoms with E-state index in [-0.39, 0.29) is 17.4 Å². The highest BCUT2D eigenvalue weighted by atomic mass is 16.3. The number of phenolic OH excluding ortho intramolecular Hbond substituents is 2. The van der Waals surface area contributed by atoms with Gasteiger partial charge in [-0.2, -0.15) is 0 Å². The summed E-state index contributed by atoms with van der Waals surface area (Å²) >= 11 is 0. The number of phenols is 2. The molecule has 0 aromatic heterocycles. The zero-order chi connectivity index (χ0) is 10.6. The lowest BCUT2D eigenvalue weighted by molar-refractivity contribution is -0.115. The fraction of sp³-hybridized carbons (Fsp3) is 0.100. The standard InChI is InChI=1S/C10H11NO3/c1-11-10(14)5-2-7-6-8(12)3-4-9(7)13/h2-6,12-13H,1H3,(H,11,14)/b5-2+. The normalized spacial score (nSPS) is 10.4. The number of carbonyl (C=O) groups excluding carboxylic acids is 1. The van der Waals surface area contributed by atoms with Crippen LogP contribution in [0.2, 0.25) is 0 Å². The number of rotatable bonds is 2. The highest BCUT2D eigenvalue weighted by molar-refractivity contribution is 5.91. The zero-order valence-electron chi connectivity index (χ0n) is 7.69. The molecule has 1 amide bonds. The minimum atomic E-state index is -0.271. The molecule has 0 bridgehead atoms. The maximum Gasteiger partial charge on any atom is 0.243 e. The Balaban J connectivity index is 2.90. The van der Waals surface area contributed by atoms with Crippen molar-refractivity contribution in [3.05, 3.63) is 29.8 Å². The van der Waals surface area contributed by atoms with E-state index in [1.54, 1.807) is 0 Å². The molecule has 0 unspecified atom stereocenters. The van der Waals surface area contributed by atoms with Gasteiger partial charge < -0.3 is 15.5 Å². The molecule has 14 heavy (non-hydrogen) atoms. The van der Waals surface area contributed by atoms with Crippen LogP contribution in [-0.2, 0) is 4.79 Å². The molecule has 0 aliphatic heterocycles. The highest BCUT2D eigenvalue weighted by Crippen LogP contribution is 2.22. The zero-order valence-corrected chi connectivity index (χ0v) is 7.69. The molecule has 4 heteroatoms. The average Bonchev–Trinajstić information content (AvgIpc) is 2.19. The van der Waals surface area contributed by atoms with Crippen molar-refractivity contribution in [2.24, 2.45) is 0 Å². The quantitative estimate of drug-likeness (QED) is 0.482. The van der Waals surface area contributed by atoms with Crippen molar-refractivity contribution in [1.29, 1.82) is 0 Å². The Morgan fingerprint density at radius 1 is 1.43 bits per heavy atom. The lowest BCUT2D eigenvalue weighted by atomic mass is 10.2. The van der Waals surface area contributed by atoms with Crippen molar-refractivity contribution in [3.8, 4) is 11.5 Å². The number of aromatic hydroxyl groups is 2. The number of hydrogen-bond donors (Lipinski definition) is 3. The molecular weight excluding hydrogens is 182 g/mol. The third kappa shape index (κ3) is 2.52. The fourth-order valence-corrected chi connectivity index (χ4v) is 0.924. The summed E-state index contributed by atoms with van der Waals surface area (Å²) in [6.07, 6.45) is 2.70. The third-order valence-electron chi connectivity index (χ3n) is 1.67. The molecule has 4 nitrogen and oxygen atoms in total. The maximum absolute atomic E-state index is 10.8. The highest BCUT2D eigenvalue weighted by Gasteiger charge is 1.98. The van der Waals surface area contributed by atoms with Crippen molar-refractivity contribution >= 4 is 12.0 Å². The Kier molecular flexibility index (Phi) is 3.12. The Hall–Kier alpha value is -1.97. The van der Waals surface area contributed by atoms with Gasteiger partial charge in [-0.3, -0.25) is 4.79 Å². The van der Waals surface area contributed by atoms with Crippen LogP contribution in [0.3, 0.4) is 0 Å². The average molecular weight is 193 g/mol. The summed E-state index contributed by atoms with van der Waals surface area (Å²) in [6.45, 7) is 0. The van der Waals surface area contributed by atoms with Crippen molar-refractivity contribution in [2.75, 3.05) is 7.05 Å². The van der Waals surface area contributed by atoms with Crippen molar-refractivity contribution in [3.63, 3.8) is 0 Å². The van der Waals surface area contributed by atoms with Gasteiger partial charge in [0.1, 0.15) is 11.5 Å². The number of carbonyl (C=O) groups is 1. The first-order valence-electron chi connectivity index (χ1n) is 4.05. The van der Waals surface area contributed by atoms with Gasteiger partial charge in [-0.05, 0) is 24.3 Å². The second-order valence-electron chi connectivity index (χ2n) is 2.69. The molecule has 0 aliphatic carbocycles. The lowest BCUT2D eigenvalue weighted by Crippen LogP contribution is -2.13. The topological polar surface area (TPSA) is 69.6 Å². The van der Waals surface area contributed by atoms with Gasteiger partial charge in [0, 0.05) is 18.7 Å². The van der Waals surface area contributed by atoms with E-state index in [9.17, 15) is 9.90 Å². The first-order chi connectivity index (χ1) is 6.63. The molecule has 3 N–H and O–H groups in total. The van der Waals surface area contributed by atoms with E-state index in [2.05, 4.69) is 5.32 Å². The molecule has 0 aliphatic rings. The molecule has 0 radical (unpaired) electrons. The monoisotopic (exact) mass is 193 g/mol. The van der Waals surface area contributed by atoms with Gasteiger partial charge in [-0.15, -0.1) is 0 Å². The Morgan fingerprint density at radius 3 is 2.79 bits per heavy atom. The van der Waals surface area contributed by atoms with E-state index in [1.165, 1.54) is 37.4 Å². The summed E-state index contributed by atoms with van der Waals surface area (Å²) in [6, 6.07) is 4.10. The molecule has 0 fully saturated rings. The fourth-order valence-electron chi connectivity index (χ4n) is 0.924. The van der Waals surface area contributed by atoms with Crippen LogP contribution in [0.1, 0.15) is 5.56 Å². The van der Waals surface area contributed by atoms with E-state index in [1.807, 2.05) is 0 Å². The molecule has 1 aromatic carbocycles. The molecule has 0 heterocycles. The van der Waals surface area contributed by atoms with Crippen molar-refractivity contribution in [1.82, 2.24) is 5.32 Å². The van der Waals surface area contributed by atoms with Crippen LogP contribution in [0.25, 0.3) is 6.08 Å².